The number of carbonyl (C=O) groups excluding carboxylic acids is 1. The van der Waals surface area contributed by atoms with Crippen LogP contribution in [-0.2, 0) is 11.3 Å². The molecule has 2 heterocycles. The number of carbonyl (C=O) groups is 1. The maximum Gasteiger partial charge on any atom is 0.233 e. The highest BCUT2D eigenvalue weighted by Gasteiger charge is 2.27. The Hall–Kier alpha value is -3.16. The van der Waals surface area contributed by atoms with Gasteiger partial charge in [0.05, 0.1) is 11.4 Å². The van der Waals surface area contributed by atoms with E-state index < -0.39 is 0 Å². The second kappa shape index (κ2) is 10.6. The fraction of sp³-hybridized carbons (Fsp3) is 0.259. The Balaban J connectivity index is 1.65. The van der Waals surface area contributed by atoms with E-state index in [4.69, 9.17) is 11.6 Å². The molecule has 8 heteroatoms. The summed E-state index contributed by atoms with van der Waals surface area (Å²) in [6, 6.07) is 19.6. The predicted molar refractivity (Wildman–Crippen MR) is 142 cm³/mol. The van der Waals surface area contributed by atoms with Gasteiger partial charge in [0.1, 0.15) is 0 Å². The van der Waals surface area contributed by atoms with Crippen molar-refractivity contribution in [1.82, 2.24) is 24.6 Å². The first-order valence-corrected chi connectivity index (χ1v) is 12.7. The lowest BCUT2D eigenvalue weighted by Gasteiger charge is -2.36. The third-order valence-electron chi connectivity index (χ3n) is 5.67. The minimum absolute atomic E-state index is 0.0363. The minimum atomic E-state index is -0.326. The third kappa shape index (κ3) is 5.74. The van der Waals surface area contributed by atoms with E-state index in [0.717, 1.165) is 22.4 Å². The summed E-state index contributed by atoms with van der Waals surface area (Å²) < 4.78 is 1.97. The van der Waals surface area contributed by atoms with Gasteiger partial charge in [0.25, 0.3) is 0 Å². The molecule has 1 amide bonds. The van der Waals surface area contributed by atoms with Gasteiger partial charge in [-0.2, -0.15) is 0 Å². The number of halogens is 1. The molecule has 0 N–H and O–H groups in total. The normalized spacial score (nSPS) is 11.5. The van der Waals surface area contributed by atoms with Crippen molar-refractivity contribution in [1.29, 1.82) is 0 Å². The molecule has 0 unspecified atom stereocenters. The van der Waals surface area contributed by atoms with E-state index >= 15 is 0 Å². The Morgan fingerprint density at radius 3 is 2.40 bits per heavy atom. The monoisotopic (exact) mass is 505 g/mol. The first-order chi connectivity index (χ1) is 16.8. The topological polar surface area (TPSA) is 63.9 Å². The number of hydrogen-bond acceptors (Lipinski definition) is 5. The van der Waals surface area contributed by atoms with Crippen LogP contribution in [0.25, 0.3) is 17.1 Å². The summed E-state index contributed by atoms with van der Waals surface area (Å²) in [6.45, 7) is 8.68. The van der Waals surface area contributed by atoms with Gasteiger partial charge in [-0.3, -0.25) is 14.3 Å². The molecule has 0 saturated carbocycles. The standard InChI is InChI=1S/C27H28ClN5OS/c1-19-22(28)11-8-12-23(19)33-25(21-13-15-29-16-14-21)30-31-26(33)35-18-24(34)32(27(2,3)4)17-20-9-6-5-7-10-20/h5-16H,17-18H2,1-4H3. The van der Waals surface area contributed by atoms with E-state index in [1.165, 1.54) is 11.8 Å². The molecule has 0 saturated heterocycles. The number of nitrogens with zero attached hydrogens (tertiary/aromatic N) is 5. The molecule has 0 aliphatic carbocycles. The van der Waals surface area contributed by atoms with Gasteiger partial charge in [-0.15, -0.1) is 10.2 Å². The average Bonchev–Trinajstić information content (AvgIpc) is 3.27. The Bertz CT molecular complexity index is 1300. The highest BCUT2D eigenvalue weighted by atomic mass is 35.5. The van der Waals surface area contributed by atoms with Crippen molar-refractivity contribution in [2.24, 2.45) is 0 Å². The van der Waals surface area contributed by atoms with Crippen LogP contribution in [0.3, 0.4) is 0 Å². The smallest absolute Gasteiger partial charge is 0.233 e. The molecular weight excluding hydrogens is 478 g/mol. The highest BCUT2D eigenvalue weighted by molar-refractivity contribution is 7.99. The number of benzene rings is 2. The van der Waals surface area contributed by atoms with Crippen molar-refractivity contribution in [2.45, 2.75) is 44.9 Å². The summed E-state index contributed by atoms with van der Waals surface area (Å²) in [5, 5.41) is 10.2. The number of aromatic nitrogens is 4. The lowest BCUT2D eigenvalue weighted by Crippen LogP contribution is -2.45. The summed E-state index contributed by atoms with van der Waals surface area (Å²) >= 11 is 7.82. The average molecular weight is 506 g/mol. The van der Waals surface area contributed by atoms with Crippen LogP contribution in [0, 0.1) is 6.92 Å². The van der Waals surface area contributed by atoms with Gasteiger partial charge in [-0.1, -0.05) is 59.8 Å². The number of rotatable bonds is 7. The molecule has 2 aromatic carbocycles. The van der Waals surface area contributed by atoms with Crippen LogP contribution in [0.4, 0.5) is 0 Å². The number of hydrogen-bond donors (Lipinski definition) is 0. The fourth-order valence-corrected chi connectivity index (χ4v) is 4.77. The summed E-state index contributed by atoms with van der Waals surface area (Å²) in [6.07, 6.45) is 3.45. The zero-order valence-electron chi connectivity index (χ0n) is 20.3. The van der Waals surface area contributed by atoms with Crippen LogP contribution in [0.15, 0.2) is 78.2 Å². The van der Waals surface area contributed by atoms with Crippen LogP contribution in [0.1, 0.15) is 31.9 Å². The molecular formula is C27H28ClN5OS. The molecule has 35 heavy (non-hydrogen) atoms. The van der Waals surface area contributed by atoms with E-state index in [0.29, 0.717) is 22.5 Å². The zero-order chi connectivity index (χ0) is 25.0. The van der Waals surface area contributed by atoms with Crippen molar-refractivity contribution in [3.63, 3.8) is 0 Å². The second-order valence-electron chi connectivity index (χ2n) is 9.19. The van der Waals surface area contributed by atoms with Crippen molar-refractivity contribution in [2.75, 3.05) is 5.75 Å². The van der Waals surface area contributed by atoms with Gasteiger partial charge in [0.2, 0.25) is 5.91 Å². The maximum atomic E-state index is 13.4. The summed E-state index contributed by atoms with van der Waals surface area (Å²) in [7, 11) is 0. The largest absolute Gasteiger partial charge is 0.333 e. The Labute approximate surface area is 215 Å². The molecule has 0 fully saturated rings. The quantitative estimate of drug-likeness (QED) is 0.279. The molecule has 4 aromatic rings. The molecule has 2 aromatic heterocycles. The Morgan fingerprint density at radius 2 is 1.71 bits per heavy atom. The lowest BCUT2D eigenvalue weighted by molar-refractivity contribution is -0.133. The molecule has 0 atom stereocenters. The van der Waals surface area contributed by atoms with Crippen LogP contribution < -0.4 is 0 Å². The predicted octanol–water partition coefficient (Wildman–Crippen LogP) is 6.21. The van der Waals surface area contributed by atoms with Gasteiger partial charge in [-0.05, 0) is 63.1 Å². The molecule has 0 radical (unpaired) electrons. The SMILES string of the molecule is Cc1c(Cl)cccc1-n1c(SCC(=O)N(Cc2ccccc2)C(C)(C)C)nnc1-c1ccncc1. The first-order valence-electron chi connectivity index (χ1n) is 11.3. The Morgan fingerprint density at radius 1 is 1.00 bits per heavy atom. The van der Waals surface area contributed by atoms with E-state index in [9.17, 15) is 4.79 Å². The van der Waals surface area contributed by atoms with Crippen LogP contribution >= 0.6 is 23.4 Å². The van der Waals surface area contributed by atoms with Crippen molar-refractivity contribution < 1.29 is 4.79 Å². The molecule has 0 aliphatic heterocycles. The molecule has 0 bridgehead atoms. The van der Waals surface area contributed by atoms with Crippen molar-refractivity contribution in [3.8, 4) is 17.1 Å². The van der Waals surface area contributed by atoms with Crippen LogP contribution in [-0.4, -0.2) is 41.8 Å². The van der Waals surface area contributed by atoms with Gasteiger partial charge < -0.3 is 4.90 Å². The van der Waals surface area contributed by atoms with Gasteiger partial charge in [0.15, 0.2) is 11.0 Å². The van der Waals surface area contributed by atoms with E-state index in [1.54, 1.807) is 12.4 Å². The van der Waals surface area contributed by atoms with E-state index in [-0.39, 0.29) is 17.2 Å². The minimum Gasteiger partial charge on any atom is -0.333 e. The maximum absolute atomic E-state index is 13.4. The van der Waals surface area contributed by atoms with Crippen molar-refractivity contribution in [3.05, 3.63) is 89.2 Å². The van der Waals surface area contributed by atoms with Gasteiger partial charge in [-0.25, -0.2) is 0 Å². The highest BCUT2D eigenvalue weighted by Crippen LogP contribution is 2.32. The fourth-order valence-electron chi connectivity index (χ4n) is 3.78. The summed E-state index contributed by atoms with van der Waals surface area (Å²) in [4.78, 5) is 19.5. The molecule has 180 valence electrons. The van der Waals surface area contributed by atoms with Crippen molar-refractivity contribution >= 4 is 29.3 Å². The van der Waals surface area contributed by atoms with Gasteiger partial charge in [0, 0.05) is 35.1 Å². The molecule has 0 aliphatic rings. The number of thioether (sulfide) groups is 1. The second-order valence-corrected chi connectivity index (χ2v) is 10.5. The van der Waals surface area contributed by atoms with Gasteiger partial charge >= 0.3 is 0 Å². The van der Waals surface area contributed by atoms with Crippen LogP contribution in [0.5, 0.6) is 0 Å². The lowest BCUT2D eigenvalue weighted by atomic mass is 10.0. The zero-order valence-corrected chi connectivity index (χ0v) is 21.8. The molecule has 0 spiro atoms. The number of amides is 1. The van der Waals surface area contributed by atoms with E-state index in [1.807, 2.05) is 77.1 Å². The van der Waals surface area contributed by atoms with E-state index in [2.05, 4.69) is 36.0 Å². The Kier molecular flexibility index (Phi) is 7.57. The summed E-state index contributed by atoms with van der Waals surface area (Å²) in [5.41, 5.74) is 3.44. The summed E-state index contributed by atoms with van der Waals surface area (Å²) in [5.74, 6) is 0.942. The molecule has 6 nitrogen and oxygen atoms in total. The van der Waals surface area contributed by atoms with Crippen LogP contribution in [0.2, 0.25) is 5.02 Å². The third-order valence-corrected chi connectivity index (χ3v) is 6.99. The molecule has 4 rings (SSSR count). The first kappa shape index (κ1) is 24.9. The number of pyridine rings is 1.